The van der Waals surface area contributed by atoms with Gasteiger partial charge in [-0.25, -0.2) is 0 Å². The third-order valence-corrected chi connectivity index (χ3v) is 2.49. The van der Waals surface area contributed by atoms with Crippen LogP contribution in [0.2, 0.25) is 0 Å². The molecule has 1 aliphatic rings. The van der Waals surface area contributed by atoms with Gasteiger partial charge >= 0.3 is 0 Å². The van der Waals surface area contributed by atoms with Gasteiger partial charge in [-0.15, -0.1) is 0 Å². The summed E-state index contributed by atoms with van der Waals surface area (Å²) in [5.74, 6) is 0.166. The normalized spacial score (nSPS) is 16.4. The Morgan fingerprint density at radius 3 is 2.88 bits per heavy atom. The molecular formula is C11H22N2O3. The van der Waals surface area contributed by atoms with Crippen LogP contribution in [0, 0.1) is 0 Å². The molecule has 0 aromatic carbocycles. The largest absolute Gasteiger partial charge is 0.382 e. The maximum absolute atomic E-state index is 11.7. The average molecular weight is 230 g/mol. The molecule has 5 heteroatoms. The number of ether oxygens (including phenoxy) is 2. The van der Waals surface area contributed by atoms with E-state index < -0.39 is 0 Å². The average Bonchev–Trinajstić information content (AvgIpc) is 2.34. The van der Waals surface area contributed by atoms with Crippen LogP contribution in [0.3, 0.4) is 0 Å². The molecule has 5 nitrogen and oxygen atoms in total. The lowest BCUT2D eigenvalue weighted by Crippen LogP contribution is -2.44. The highest BCUT2D eigenvalue weighted by Crippen LogP contribution is 1.96. The van der Waals surface area contributed by atoms with E-state index in [-0.39, 0.29) is 5.91 Å². The molecule has 1 N–H and O–H groups in total. The fraction of sp³-hybridized carbons (Fsp3) is 0.909. The van der Waals surface area contributed by atoms with Crippen LogP contribution in [0.5, 0.6) is 0 Å². The smallest absolute Gasteiger partial charge is 0.236 e. The molecule has 0 spiro atoms. The second-order valence-electron chi connectivity index (χ2n) is 3.72. The summed E-state index contributed by atoms with van der Waals surface area (Å²) in [5.41, 5.74) is 0. The molecule has 16 heavy (non-hydrogen) atoms. The quantitative estimate of drug-likeness (QED) is 0.619. The second-order valence-corrected chi connectivity index (χ2v) is 3.72. The van der Waals surface area contributed by atoms with Crippen molar-refractivity contribution in [3.05, 3.63) is 0 Å². The lowest BCUT2D eigenvalue weighted by Gasteiger charge is -2.26. The monoisotopic (exact) mass is 230 g/mol. The summed E-state index contributed by atoms with van der Waals surface area (Å²) < 4.78 is 10.4. The molecule has 0 bridgehead atoms. The van der Waals surface area contributed by atoms with Gasteiger partial charge in [-0.1, -0.05) is 0 Å². The zero-order valence-electron chi connectivity index (χ0n) is 10.0. The molecule has 1 aliphatic heterocycles. The summed E-state index contributed by atoms with van der Waals surface area (Å²) >= 11 is 0. The topological polar surface area (TPSA) is 50.8 Å². The molecule has 1 rings (SSSR count). The van der Waals surface area contributed by atoms with E-state index in [0.29, 0.717) is 19.8 Å². The number of hydrogen-bond acceptors (Lipinski definition) is 4. The van der Waals surface area contributed by atoms with Crippen molar-refractivity contribution in [1.29, 1.82) is 0 Å². The first-order chi connectivity index (χ1) is 7.84. The Bertz CT molecular complexity index is 194. The van der Waals surface area contributed by atoms with Crippen LogP contribution < -0.4 is 5.32 Å². The second kappa shape index (κ2) is 8.50. The molecule has 0 unspecified atom stereocenters. The minimum atomic E-state index is 0.166. The standard InChI is InChI=1S/C11H22N2O3/c1-2-15-7-3-4-12-10-11(14)13-5-8-16-9-6-13/h12H,2-10H2,1H3. The molecule has 1 amide bonds. The van der Waals surface area contributed by atoms with Gasteiger partial charge in [0.1, 0.15) is 0 Å². The molecule has 0 saturated carbocycles. The van der Waals surface area contributed by atoms with Crippen LogP contribution in [0.1, 0.15) is 13.3 Å². The van der Waals surface area contributed by atoms with Crippen molar-refractivity contribution in [3.63, 3.8) is 0 Å². The zero-order valence-corrected chi connectivity index (χ0v) is 10.0. The van der Waals surface area contributed by atoms with E-state index in [9.17, 15) is 4.79 Å². The Hall–Kier alpha value is -0.650. The molecule has 0 aromatic rings. The third kappa shape index (κ3) is 5.44. The summed E-state index contributed by atoms with van der Waals surface area (Å²) in [6, 6.07) is 0. The first-order valence-corrected chi connectivity index (χ1v) is 5.98. The van der Waals surface area contributed by atoms with E-state index in [1.54, 1.807) is 0 Å². The molecule has 1 saturated heterocycles. The number of rotatable bonds is 7. The lowest BCUT2D eigenvalue weighted by molar-refractivity contribution is -0.134. The van der Waals surface area contributed by atoms with Crippen LogP contribution in [-0.4, -0.2) is 63.4 Å². The molecule has 0 aliphatic carbocycles. The number of nitrogens with one attached hydrogen (secondary N) is 1. The Morgan fingerprint density at radius 2 is 2.19 bits per heavy atom. The van der Waals surface area contributed by atoms with Crippen molar-refractivity contribution >= 4 is 5.91 Å². The molecular weight excluding hydrogens is 208 g/mol. The van der Waals surface area contributed by atoms with Gasteiger partial charge in [0.05, 0.1) is 19.8 Å². The van der Waals surface area contributed by atoms with Gasteiger partial charge in [-0.2, -0.15) is 0 Å². The summed E-state index contributed by atoms with van der Waals surface area (Å²) in [4.78, 5) is 13.5. The molecule has 1 heterocycles. The van der Waals surface area contributed by atoms with Crippen molar-refractivity contribution in [2.45, 2.75) is 13.3 Å². The number of hydrogen-bond donors (Lipinski definition) is 1. The van der Waals surface area contributed by atoms with Gasteiger partial charge < -0.3 is 19.7 Å². The van der Waals surface area contributed by atoms with E-state index >= 15 is 0 Å². The fourth-order valence-electron chi connectivity index (χ4n) is 1.56. The molecule has 0 aromatic heterocycles. The van der Waals surface area contributed by atoms with Gasteiger partial charge in [0.2, 0.25) is 5.91 Å². The highest BCUT2D eigenvalue weighted by molar-refractivity contribution is 5.78. The Balaban J connectivity index is 1.97. The molecule has 0 radical (unpaired) electrons. The highest BCUT2D eigenvalue weighted by atomic mass is 16.5. The number of carbonyl (C=O) groups is 1. The third-order valence-electron chi connectivity index (χ3n) is 2.49. The van der Waals surface area contributed by atoms with Crippen molar-refractivity contribution in [1.82, 2.24) is 10.2 Å². The summed E-state index contributed by atoms with van der Waals surface area (Å²) in [6.07, 6.45) is 0.949. The van der Waals surface area contributed by atoms with Crippen molar-refractivity contribution in [3.8, 4) is 0 Å². The summed E-state index contributed by atoms with van der Waals surface area (Å²) in [5, 5.41) is 3.13. The van der Waals surface area contributed by atoms with Gasteiger partial charge in [-0.05, 0) is 19.9 Å². The van der Waals surface area contributed by atoms with Gasteiger partial charge in [0.25, 0.3) is 0 Å². The van der Waals surface area contributed by atoms with Crippen LogP contribution in [-0.2, 0) is 14.3 Å². The van der Waals surface area contributed by atoms with E-state index in [4.69, 9.17) is 9.47 Å². The lowest BCUT2D eigenvalue weighted by atomic mass is 10.4. The van der Waals surface area contributed by atoms with Crippen molar-refractivity contribution in [2.24, 2.45) is 0 Å². The molecule has 94 valence electrons. The summed E-state index contributed by atoms with van der Waals surface area (Å²) in [7, 11) is 0. The molecule has 0 atom stereocenters. The first-order valence-electron chi connectivity index (χ1n) is 5.98. The van der Waals surface area contributed by atoms with Gasteiger partial charge in [0, 0.05) is 26.3 Å². The maximum Gasteiger partial charge on any atom is 0.236 e. The van der Waals surface area contributed by atoms with Gasteiger partial charge in [0.15, 0.2) is 0 Å². The number of amides is 1. The van der Waals surface area contributed by atoms with Crippen molar-refractivity contribution in [2.75, 3.05) is 52.6 Å². The molecule has 1 fully saturated rings. The fourth-order valence-corrected chi connectivity index (χ4v) is 1.56. The maximum atomic E-state index is 11.7. The minimum Gasteiger partial charge on any atom is -0.382 e. The zero-order chi connectivity index (χ0) is 11.6. The Morgan fingerprint density at radius 1 is 1.44 bits per heavy atom. The first kappa shape index (κ1) is 13.4. The van der Waals surface area contributed by atoms with E-state index in [2.05, 4.69) is 5.32 Å². The van der Waals surface area contributed by atoms with Crippen molar-refractivity contribution < 1.29 is 14.3 Å². The number of morpholine rings is 1. The minimum absolute atomic E-state index is 0.166. The predicted molar refractivity (Wildman–Crippen MR) is 61.4 cm³/mol. The van der Waals surface area contributed by atoms with Gasteiger partial charge in [-0.3, -0.25) is 4.79 Å². The van der Waals surface area contributed by atoms with E-state index in [1.807, 2.05) is 11.8 Å². The number of carbonyl (C=O) groups excluding carboxylic acids is 1. The van der Waals surface area contributed by atoms with Crippen LogP contribution in [0.4, 0.5) is 0 Å². The Labute approximate surface area is 97.1 Å². The highest BCUT2D eigenvalue weighted by Gasteiger charge is 2.15. The summed E-state index contributed by atoms with van der Waals surface area (Å²) in [6.45, 7) is 7.52. The predicted octanol–water partition coefficient (Wildman–Crippen LogP) is -0.139. The number of nitrogens with zero attached hydrogens (tertiary/aromatic N) is 1. The SMILES string of the molecule is CCOCCCNCC(=O)N1CCOCC1. The van der Waals surface area contributed by atoms with Crippen LogP contribution in [0.25, 0.3) is 0 Å². The van der Waals surface area contributed by atoms with Crippen LogP contribution >= 0.6 is 0 Å². The Kier molecular flexibility index (Phi) is 7.12. The van der Waals surface area contributed by atoms with E-state index in [0.717, 1.165) is 39.3 Å². The van der Waals surface area contributed by atoms with E-state index in [1.165, 1.54) is 0 Å². The van der Waals surface area contributed by atoms with Crippen LogP contribution in [0.15, 0.2) is 0 Å².